The predicted octanol–water partition coefficient (Wildman–Crippen LogP) is 1.56. The van der Waals surface area contributed by atoms with Gasteiger partial charge < -0.3 is 10.5 Å². The SMILES string of the molecule is Nc1nc(OCc2ccccc2Cl)c2n[nH]nc2n1. The van der Waals surface area contributed by atoms with E-state index in [0.29, 0.717) is 16.2 Å². The first-order chi connectivity index (χ1) is 9.24. The van der Waals surface area contributed by atoms with Crippen LogP contribution in [-0.2, 0) is 6.61 Å². The number of hydrogen-bond donors (Lipinski definition) is 2. The fourth-order valence-corrected chi connectivity index (χ4v) is 1.79. The summed E-state index contributed by atoms with van der Waals surface area (Å²) < 4.78 is 5.59. The number of fused-ring (bicyclic) bond motifs is 1. The number of nitrogens with two attached hydrogens (primary N) is 1. The normalized spacial score (nSPS) is 10.8. The van der Waals surface area contributed by atoms with E-state index in [1.165, 1.54) is 0 Å². The molecule has 0 amide bonds. The van der Waals surface area contributed by atoms with Gasteiger partial charge in [-0.2, -0.15) is 15.2 Å². The lowest BCUT2D eigenvalue weighted by molar-refractivity contribution is 0.297. The Labute approximate surface area is 112 Å². The van der Waals surface area contributed by atoms with E-state index in [2.05, 4.69) is 25.4 Å². The zero-order valence-corrected chi connectivity index (χ0v) is 10.4. The molecule has 0 bridgehead atoms. The van der Waals surface area contributed by atoms with Gasteiger partial charge in [0, 0.05) is 10.6 Å². The Balaban J connectivity index is 1.90. The van der Waals surface area contributed by atoms with Gasteiger partial charge in [0.2, 0.25) is 17.5 Å². The highest BCUT2D eigenvalue weighted by molar-refractivity contribution is 6.31. The Morgan fingerprint density at radius 2 is 2.05 bits per heavy atom. The van der Waals surface area contributed by atoms with E-state index in [-0.39, 0.29) is 18.4 Å². The highest BCUT2D eigenvalue weighted by Gasteiger charge is 2.12. The number of benzene rings is 1. The smallest absolute Gasteiger partial charge is 0.249 e. The van der Waals surface area contributed by atoms with Crippen LogP contribution in [0.15, 0.2) is 24.3 Å². The summed E-state index contributed by atoms with van der Waals surface area (Å²) in [4.78, 5) is 7.92. The van der Waals surface area contributed by atoms with Crippen molar-refractivity contribution in [3.63, 3.8) is 0 Å². The van der Waals surface area contributed by atoms with E-state index in [1.807, 2.05) is 18.2 Å². The van der Waals surface area contributed by atoms with Gasteiger partial charge in [-0.15, -0.1) is 10.2 Å². The van der Waals surface area contributed by atoms with Crippen molar-refractivity contribution in [2.24, 2.45) is 0 Å². The van der Waals surface area contributed by atoms with Gasteiger partial charge in [-0.05, 0) is 6.07 Å². The van der Waals surface area contributed by atoms with Crippen LogP contribution in [0, 0.1) is 0 Å². The Bertz CT molecular complexity index is 728. The van der Waals surface area contributed by atoms with E-state index < -0.39 is 0 Å². The average molecular weight is 277 g/mol. The molecular formula is C11H9ClN6O. The standard InChI is InChI=1S/C11H9ClN6O/c12-7-4-2-1-3-6(7)5-19-10-8-9(17-18-16-8)14-11(13)15-10/h1-4H,5H2,(H3,13,14,15,16,17,18). The summed E-state index contributed by atoms with van der Waals surface area (Å²) >= 11 is 6.05. The van der Waals surface area contributed by atoms with Gasteiger partial charge in [0.15, 0.2) is 5.52 Å². The lowest BCUT2D eigenvalue weighted by atomic mass is 10.2. The first-order valence-corrected chi connectivity index (χ1v) is 5.82. The Morgan fingerprint density at radius 3 is 2.89 bits per heavy atom. The number of hydrogen-bond acceptors (Lipinski definition) is 6. The summed E-state index contributed by atoms with van der Waals surface area (Å²) in [5, 5.41) is 10.8. The quantitative estimate of drug-likeness (QED) is 0.752. The van der Waals surface area contributed by atoms with Crippen molar-refractivity contribution in [3.05, 3.63) is 34.9 Å². The lowest BCUT2D eigenvalue weighted by Crippen LogP contribution is -2.02. The molecule has 0 fully saturated rings. The number of halogens is 1. The molecule has 3 rings (SSSR count). The van der Waals surface area contributed by atoms with Crippen LogP contribution in [0.25, 0.3) is 11.2 Å². The van der Waals surface area contributed by atoms with Crippen LogP contribution < -0.4 is 10.5 Å². The van der Waals surface area contributed by atoms with Gasteiger partial charge in [-0.25, -0.2) is 0 Å². The minimum atomic E-state index is 0.0792. The van der Waals surface area contributed by atoms with E-state index in [9.17, 15) is 0 Å². The third-order valence-corrected chi connectivity index (χ3v) is 2.86. The molecule has 2 heterocycles. The van der Waals surface area contributed by atoms with Crippen LogP contribution in [0.4, 0.5) is 5.95 Å². The van der Waals surface area contributed by atoms with Crippen molar-refractivity contribution in [2.75, 3.05) is 5.73 Å². The van der Waals surface area contributed by atoms with Gasteiger partial charge in [0.25, 0.3) is 0 Å². The topological polar surface area (TPSA) is 103 Å². The molecule has 2 aromatic heterocycles. The van der Waals surface area contributed by atoms with Crippen molar-refractivity contribution in [1.29, 1.82) is 0 Å². The zero-order valence-electron chi connectivity index (χ0n) is 9.67. The van der Waals surface area contributed by atoms with Crippen LogP contribution in [0.1, 0.15) is 5.56 Å². The highest BCUT2D eigenvalue weighted by Crippen LogP contribution is 2.22. The Morgan fingerprint density at radius 1 is 1.21 bits per heavy atom. The molecule has 1 aromatic carbocycles. The molecule has 0 aliphatic carbocycles. The summed E-state index contributed by atoms with van der Waals surface area (Å²) in [7, 11) is 0. The number of nitrogens with one attached hydrogen (secondary N) is 1. The van der Waals surface area contributed by atoms with Crippen molar-refractivity contribution in [2.45, 2.75) is 6.61 Å². The number of rotatable bonds is 3. The first-order valence-electron chi connectivity index (χ1n) is 5.44. The molecule has 0 saturated carbocycles. The fourth-order valence-electron chi connectivity index (χ4n) is 1.60. The van der Waals surface area contributed by atoms with Gasteiger partial charge >= 0.3 is 0 Å². The average Bonchev–Trinajstić information content (AvgIpc) is 2.85. The summed E-state index contributed by atoms with van der Waals surface area (Å²) in [6.07, 6.45) is 0. The lowest BCUT2D eigenvalue weighted by Gasteiger charge is -2.07. The minimum absolute atomic E-state index is 0.0792. The summed E-state index contributed by atoms with van der Waals surface area (Å²) in [5.74, 6) is 0.353. The maximum atomic E-state index is 6.05. The molecule has 96 valence electrons. The van der Waals surface area contributed by atoms with Crippen LogP contribution >= 0.6 is 11.6 Å². The van der Waals surface area contributed by atoms with E-state index in [1.54, 1.807) is 6.07 Å². The van der Waals surface area contributed by atoms with Gasteiger partial charge in [0.05, 0.1) is 0 Å². The van der Waals surface area contributed by atoms with Crippen molar-refractivity contribution >= 4 is 28.7 Å². The number of nitrogens with zero attached hydrogens (tertiary/aromatic N) is 4. The summed E-state index contributed by atoms with van der Waals surface area (Å²) in [6.45, 7) is 0.262. The molecule has 0 radical (unpaired) electrons. The van der Waals surface area contributed by atoms with E-state index in [4.69, 9.17) is 22.1 Å². The molecule has 0 saturated heterocycles. The molecule has 0 spiro atoms. The van der Waals surface area contributed by atoms with Gasteiger partial charge in [0.1, 0.15) is 6.61 Å². The number of ether oxygens (including phenoxy) is 1. The predicted molar refractivity (Wildman–Crippen MR) is 69.7 cm³/mol. The molecule has 3 aromatic rings. The number of H-pyrrole nitrogens is 1. The van der Waals surface area contributed by atoms with Crippen LogP contribution in [0.2, 0.25) is 5.02 Å². The molecule has 0 aliphatic rings. The second-order valence-corrected chi connectivity index (χ2v) is 4.17. The van der Waals surface area contributed by atoms with Crippen molar-refractivity contribution < 1.29 is 4.74 Å². The monoisotopic (exact) mass is 276 g/mol. The number of aromatic amines is 1. The van der Waals surface area contributed by atoms with Gasteiger partial charge in [-0.3, -0.25) is 0 Å². The molecule has 3 N–H and O–H groups in total. The molecule has 0 unspecified atom stereocenters. The molecule has 7 nitrogen and oxygen atoms in total. The second kappa shape index (κ2) is 4.69. The zero-order chi connectivity index (χ0) is 13.2. The molecule has 0 aliphatic heterocycles. The maximum absolute atomic E-state index is 6.05. The molecule has 19 heavy (non-hydrogen) atoms. The van der Waals surface area contributed by atoms with Crippen LogP contribution in [0.3, 0.4) is 0 Å². The number of anilines is 1. The summed E-state index contributed by atoms with van der Waals surface area (Å²) in [6, 6.07) is 7.39. The van der Waals surface area contributed by atoms with E-state index >= 15 is 0 Å². The first kappa shape index (κ1) is 11.7. The maximum Gasteiger partial charge on any atom is 0.249 e. The number of nitrogen functional groups attached to an aromatic ring is 1. The third-order valence-electron chi connectivity index (χ3n) is 2.49. The molecular weight excluding hydrogens is 268 g/mol. The van der Waals surface area contributed by atoms with Crippen molar-refractivity contribution in [3.8, 4) is 5.88 Å². The highest BCUT2D eigenvalue weighted by atomic mass is 35.5. The largest absolute Gasteiger partial charge is 0.471 e. The second-order valence-electron chi connectivity index (χ2n) is 3.76. The third kappa shape index (κ3) is 2.27. The van der Waals surface area contributed by atoms with Crippen LogP contribution in [-0.4, -0.2) is 25.4 Å². The molecule has 8 heteroatoms. The van der Waals surface area contributed by atoms with Crippen molar-refractivity contribution in [1.82, 2.24) is 25.4 Å². The van der Waals surface area contributed by atoms with E-state index in [0.717, 1.165) is 5.56 Å². The Hall–Kier alpha value is -2.41. The fraction of sp³-hybridized carbons (Fsp3) is 0.0909. The minimum Gasteiger partial charge on any atom is -0.471 e. The number of aromatic nitrogens is 5. The summed E-state index contributed by atoms with van der Waals surface area (Å²) in [5.41, 5.74) is 7.21. The molecule has 0 atom stereocenters. The van der Waals surface area contributed by atoms with Crippen LogP contribution in [0.5, 0.6) is 5.88 Å². The Kier molecular flexibility index (Phi) is 2.88. The van der Waals surface area contributed by atoms with Gasteiger partial charge in [-0.1, -0.05) is 29.8 Å².